The van der Waals surface area contributed by atoms with E-state index in [0.717, 1.165) is 19.7 Å². The van der Waals surface area contributed by atoms with E-state index in [2.05, 4.69) is 38.5 Å². The maximum absolute atomic E-state index is 13.5. The lowest BCUT2D eigenvalue weighted by Gasteiger charge is -2.17. The Labute approximate surface area is 285 Å². The summed E-state index contributed by atoms with van der Waals surface area (Å²) in [6.07, 6.45) is 1.60. The fraction of sp³-hybridized carbons (Fsp3) is 0.0541. The first-order valence-corrected chi connectivity index (χ1v) is 16.3. The molecule has 1 unspecified atom stereocenters. The molecule has 0 radical (unpaired) electrons. The molecular weight excluding hydrogens is 709 g/mol. The summed E-state index contributed by atoms with van der Waals surface area (Å²) >= 11 is 3.64. The Hall–Kier alpha value is -4.87. The van der Waals surface area contributed by atoms with Crippen LogP contribution in [0.2, 0.25) is 0 Å². The molecular formula is C37H30IN3O4S. The van der Waals surface area contributed by atoms with Gasteiger partial charge in [-0.2, -0.15) is 0 Å². The predicted octanol–water partition coefficient (Wildman–Crippen LogP) is 8.18. The fourth-order valence-corrected chi connectivity index (χ4v) is 5.82. The van der Waals surface area contributed by atoms with E-state index >= 15 is 0 Å². The van der Waals surface area contributed by atoms with Gasteiger partial charge in [0.05, 0.1) is 7.11 Å². The van der Waals surface area contributed by atoms with Crippen LogP contribution in [0.5, 0.6) is 5.75 Å². The molecule has 7 nitrogen and oxygen atoms in total. The second-order valence-corrected chi connectivity index (χ2v) is 12.5. The Morgan fingerprint density at radius 2 is 1.37 bits per heavy atom. The van der Waals surface area contributed by atoms with Gasteiger partial charge >= 0.3 is 0 Å². The van der Waals surface area contributed by atoms with Crippen LogP contribution in [0, 0.1) is 3.57 Å². The van der Waals surface area contributed by atoms with E-state index in [0.29, 0.717) is 22.6 Å². The molecule has 0 aromatic heterocycles. The highest BCUT2D eigenvalue weighted by Gasteiger charge is 2.22. The van der Waals surface area contributed by atoms with Crippen molar-refractivity contribution in [3.63, 3.8) is 0 Å². The number of methoxy groups -OCH3 is 1. The molecule has 0 fully saturated rings. The first-order chi connectivity index (χ1) is 22.4. The van der Waals surface area contributed by atoms with Crippen LogP contribution in [0.3, 0.4) is 0 Å². The van der Waals surface area contributed by atoms with Crippen molar-refractivity contribution in [3.05, 3.63) is 159 Å². The van der Waals surface area contributed by atoms with Crippen molar-refractivity contribution in [2.45, 2.75) is 10.1 Å². The van der Waals surface area contributed by atoms with Gasteiger partial charge < -0.3 is 20.7 Å². The number of hydrogen-bond acceptors (Lipinski definition) is 5. The zero-order valence-electron chi connectivity index (χ0n) is 24.8. The molecule has 230 valence electrons. The second kappa shape index (κ2) is 15.9. The first-order valence-electron chi connectivity index (χ1n) is 14.3. The molecule has 0 aliphatic rings. The minimum atomic E-state index is -0.508. The Bertz CT molecular complexity index is 1830. The molecule has 0 saturated heterocycles. The average Bonchev–Trinajstić information content (AvgIpc) is 3.09. The van der Waals surface area contributed by atoms with Gasteiger partial charge in [0.15, 0.2) is 0 Å². The van der Waals surface area contributed by atoms with Crippen LogP contribution in [0.4, 0.5) is 11.4 Å². The van der Waals surface area contributed by atoms with Gasteiger partial charge in [-0.3, -0.25) is 14.4 Å². The standard InChI is InChI=1S/C37H30IN3O4S/c1-45-31-14-8-9-25(23-31)24-33(41-35(42)27-12-6-3-7-13-27)36(43)39-30-19-21-32(22-20-30)46-34(26-10-4-2-5-11-26)37(44)40-29-17-15-28(38)16-18-29/h2-24,34H,1H3,(H,39,43)(H,40,44)(H,41,42)/b33-24-. The van der Waals surface area contributed by atoms with Gasteiger partial charge in [-0.25, -0.2) is 0 Å². The van der Waals surface area contributed by atoms with E-state index in [4.69, 9.17) is 4.74 Å². The van der Waals surface area contributed by atoms with Crippen molar-refractivity contribution in [2.24, 2.45) is 0 Å². The molecule has 0 aliphatic heterocycles. The molecule has 9 heteroatoms. The number of nitrogens with one attached hydrogen (secondary N) is 3. The van der Waals surface area contributed by atoms with Gasteiger partial charge in [-0.05, 0) is 113 Å². The van der Waals surface area contributed by atoms with Gasteiger partial charge in [-0.15, -0.1) is 11.8 Å². The van der Waals surface area contributed by atoms with Gasteiger partial charge in [0.2, 0.25) is 5.91 Å². The van der Waals surface area contributed by atoms with Crippen molar-refractivity contribution < 1.29 is 19.1 Å². The maximum atomic E-state index is 13.5. The molecule has 3 N–H and O–H groups in total. The second-order valence-electron chi connectivity index (χ2n) is 10.0. The Morgan fingerprint density at radius 1 is 0.739 bits per heavy atom. The van der Waals surface area contributed by atoms with E-state index in [1.807, 2.05) is 78.9 Å². The molecule has 0 saturated carbocycles. The molecule has 5 rings (SSSR count). The molecule has 5 aromatic rings. The highest BCUT2D eigenvalue weighted by molar-refractivity contribution is 14.1. The van der Waals surface area contributed by atoms with Gasteiger partial charge in [0.1, 0.15) is 16.7 Å². The summed E-state index contributed by atoms with van der Waals surface area (Å²) in [4.78, 5) is 40.7. The van der Waals surface area contributed by atoms with E-state index in [1.54, 1.807) is 67.8 Å². The number of anilines is 2. The highest BCUT2D eigenvalue weighted by atomic mass is 127. The minimum Gasteiger partial charge on any atom is -0.497 e. The number of benzene rings is 5. The van der Waals surface area contributed by atoms with Gasteiger partial charge in [0, 0.05) is 25.4 Å². The number of halogens is 1. The number of carbonyl (C=O) groups is 3. The summed E-state index contributed by atoms with van der Waals surface area (Å²) in [6, 6.07) is 40.3. The molecule has 3 amide bonds. The van der Waals surface area contributed by atoms with Crippen molar-refractivity contribution in [2.75, 3.05) is 17.7 Å². The summed E-state index contributed by atoms with van der Waals surface area (Å²) in [5, 5.41) is 8.14. The molecule has 0 aliphatic carbocycles. The monoisotopic (exact) mass is 739 g/mol. The third-order valence-electron chi connectivity index (χ3n) is 6.75. The van der Waals surface area contributed by atoms with E-state index in [-0.39, 0.29) is 11.6 Å². The van der Waals surface area contributed by atoms with Crippen LogP contribution in [-0.4, -0.2) is 24.8 Å². The number of thioether (sulfide) groups is 1. The number of amides is 3. The normalized spacial score (nSPS) is 11.7. The number of ether oxygens (including phenoxy) is 1. The smallest absolute Gasteiger partial charge is 0.272 e. The van der Waals surface area contributed by atoms with Crippen molar-refractivity contribution in [1.82, 2.24) is 5.32 Å². The van der Waals surface area contributed by atoms with E-state index in [9.17, 15) is 14.4 Å². The molecule has 46 heavy (non-hydrogen) atoms. The van der Waals surface area contributed by atoms with E-state index in [1.165, 1.54) is 11.8 Å². The van der Waals surface area contributed by atoms with Gasteiger partial charge in [-0.1, -0.05) is 60.7 Å². The Morgan fingerprint density at radius 3 is 2.04 bits per heavy atom. The lowest BCUT2D eigenvalue weighted by atomic mass is 10.1. The Balaban J connectivity index is 1.33. The maximum Gasteiger partial charge on any atom is 0.272 e. The number of carbonyl (C=O) groups excluding carboxylic acids is 3. The van der Waals surface area contributed by atoms with E-state index < -0.39 is 17.1 Å². The van der Waals surface area contributed by atoms with Crippen molar-refractivity contribution in [1.29, 1.82) is 0 Å². The van der Waals surface area contributed by atoms with Crippen LogP contribution < -0.4 is 20.7 Å². The van der Waals surface area contributed by atoms with Crippen LogP contribution in [0.25, 0.3) is 6.08 Å². The summed E-state index contributed by atoms with van der Waals surface area (Å²) in [5.74, 6) is -0.424. The van der Waals surface area contributed by atoms with Crippen LogP contribution in [0.15, 0.2) is 144 Å². The fourth-order valence-electron chi connectivity index (χ4n) is 4.43. The lowest BCUT2D eigenvalue weighted by molar-refractivity contribution is -0.116. The number of rotatable bonds is 11. The zero-order chi connectivity index (χ0) is 32.3. The molecule has 0 spiro atoms. The zero-order valence-corrected chi connectivity index (χ0v) is 27.7. The minimum absolute atomic E-state index is 0.0666. The highest BCUT2D eigenvalue weighted by Crippen LogP contribution is 2.37. The average molecular weight is 740 g/mol. The third-order valence-corrected chi connectivity index (χ3v) is 8.74. The predicted molar refractivity (Wildman–Crippen MR) is 193 cm³/mol. The number of hydrogen-bond donors (Lipinski definition) is 3. The summed E-state index contributed by atoms with van der Waals surface area (Å²) in [5.41, 5.74) is 3.29. The van der Waals surface area contributed by atoms with Crippen LogP contribution in [-0.2, 0) is 9.59 Å². The van der Waals surface area contributed by atoms with Crippen LogP contribution >= 0.6 is 34.4 Å². The summed E-state index contributed by atoms with van der Waals surface area (Å²) < 4.78 is 6.40. The topological polar surface area (TPSA) is 96.5 Å². The lowest BCUT2D eigenvalue weighted by Crippen LogP contribution is -2.30. The van der Waals surface area contributed by atoms with Crippen LogP contribution in [0.1, 0.15) is 26.7 Å². The van der Waals surface area contributed by atoms with Gasteiger partial charge in [0.25, 0.3) is 11.8 Å². The molecule has 5 aromatic carbocycles. The summed E-state index contributed by atoms with van der Waals surface area (Å²) in [6.45, 7) is 0. The SMILES string of the molecule is COc1cccc(/C=C(\NC(=O)c2ccccc2)C(=O)Nc2ccc(SC(C(=O)Nc3ccc(I)cc3)c3ccccc3)cc2)c1. The molecule has 0 bridgehead atoms. The molecule has 0 heterocycles. The molecule has 1 atom stereocenters. The van der Waals surface area contributed by atoms with Crippen molar-refractivity contribution in [3.8, 4) is 5.75 Å². The first kappa shape index (κ1) is 32.5. The quantitative estimate of drug-likeness (QED) is 0.0722. The Kier molecular flexibility index (Phi) is 11.3. The van der Waals surface area contributed by atoms with Crippen molar-refractivity contribution >= 4 is 69.5 Å². The summed E-state index contributed by atoms with van der Waals surface area (Å²) in [7, 11) is 1.56. The largest absolute Gasteiger partial charge is 0.497 e. The third kappa shape index (κ3) is 9.09.